The van der Waals surface area contributed by atoms with Crippen molar-refractivity contribution < 1.29 is 14.3 Å². The second-order valence-electron chi connectivity index (χ2n) is 3.24. The second kappa shape index (κ2) is 5.85. The highest BCUT2D eigenvalue weighted by Crippen LogP contribution is 2.01. The molecule has 0 bridgehead atoms. The summed E-state index contributed by atoms with van der Waals surface area (Å²) in [4.78, 5) is 27.8. The Morgan fingerprint density at radius 3 is 2.81 bits per heavy atom. The van der Waals surface area contributed by atoms with Gasteiger partial charge in [0.05, 0.1) is 6.61 Å². The molecule has 0 unspecified atom stereocenters. The Kier molecular flexibility index (Phi) is 4.44. The van der Waals surface area contributed by atoms with Crippen molar-refractivity contribution in [2.45, 2.75) is 13.5 Å². The SMILES string of the molecule is CCOC(=O)C(=O)N(C)Cc1cccnc1. The van der Waals surface area contributed by atoms with Crippen molar-refractivity contribution in [3.8, 4) is 0 Å². The van der Waals surface area contributed by atoms with Crippen LogP contribution in [0.1, 0.15) is 12.5 Å². The van der Waals surface area contributed by atoms with Crippen molar-refractivity contribution in [2.24, 2.45) is 0 Å². The standard InChI is InChI=1S/C11H14N2O3/c1-3-16-11(15)10(14)13(2)8-9-5-4-6-12-7-9/h4-7H,3,8H2,1-2H3. The third kappa shape index (κ3) is 3.34. The van der Waals surface area contributed by atoms with Crippen LogP contribution < -0.4 is 0 Å². The van der Waals surface area contributed by atoms with Crippen molar-refractivity contribution in [3.63, 3.8) is 0 Å². The van der Waals surface area contributed by atoms with E-state index in [2.05, 4.69) is 9.72 Å². The van der Waals surface area contributed by atoms with E-state index in [1.807, 2.05) is 6.07 Å². The number of amides is 1. The van der Waals surface area contributed by atoms with Crippen LogP contribution >= 0.6 is 0 Å². The van der Waals surface area contributed by atoms with Crippen molar-refractivity contribution >= 4 is 11.9 Å². The Balaban J connectivity index is 2.55. The minimum atomic E-state index is -0.825. The van der Waals surface area contributed by atoms with Gasteiger partial charge in [0, 0.05) is 26.0 Å². The highest BCUT2D eigenvalue weighted by molar-refractivity contribution is 6.32. The maximum atomic E-state index is 11.5. The van der Waals surface area contributed by atoms with Gasteiger partial charge in [-0.1, -0.05) is 6.07 Å². The van der Waals surface area contributed by atoms with Crippen LogP contribution in [0.2, 0.25) is 0 Å². The van der Waals surface area contributed by atoms with Gasteiger partial charge in [-0.2, -0.15) is 0 Å². The van der Waals surface area contributed by atoms with E-state index in [-0.39, 0.29) is 6.61 Å². The van der Waals surface area contributed by atoms with Gasteiger partial charge in [0.25, 0.3) is 0 Å². The highest BCUT2D eigenvalue weighted by Gasteiger charge is 2.19. The monoisotopic (exact) mass is 222 g/mol. The van der Waals surface area contributed by atoms with Crippen LogP contribution in [0.15, 0.2) is 24.5 Å². The zero-order valence-electron chi connectivity index (χ0n) is 9.34. The number of pyridine rings is 1. The molecule has 0 saturated heterocycles. The van der Waals surface area contributed by atoms with Crippen molar-refractivity contribution in [1.29, 1.82) is 0 Å². The number of rotatable bonds is 3. The molecular weight excluding hydrogens is 208 g/mol. The topological polar surface area (TPSA) is 59.5 Å². The van der Waals surface area contributed by atoms with E-state index < -0.39 is 11.9 Å². The first-order valence-corrected chi connectivity index (χ1v) is 4.96. The normalized spacial score (nSPS) is 9.62. The lowest BCUT2D eigenvalue weighted by Crippen LogP contribution is -2.34. The van der Waals surface area contributed by atoms with Crippen molar-refractivity contribution in [1.82, 2.24) is 9.88 Å². The van der Waals surface area contributed by atoms with Crippen LogP contribution in [0.4, 0.5) is 0 Å². The summed E-state index contributed by atoms with van der Waals surface area (Å²) in [6, 6.07) is 3.61. The van der Waals surface area contributed by atoms with Gasteiger partial charge in [-0.05, 0) is 18.6 Å². The van der Waals surface area contributed by atoms with Gasteiger partial charge < -0.3 is 9.64 Å². The quantitative estimate of drug-likeness (QED) is 0.555. The number of carbonyl (C=O) groups is 2. The molecule has 86 valence electrons. The first-order valence-electron chi connectivity index (χ1n) is 4.96. The van der Waals surface area contributed by atoms with E-state index in [9.17, 15) is 9.59 Å². The smallest absolute Gasteiger partial charge is 0.397 e. The summed E-state index contributed by atoms with van der Waals surface area (Å²) in [6.45, 7) is 2.20. The first kappa shape index (κ1) is 12.2. The fourth-order valence-corrected chi connectivity index (χ4v) is 1.19. The Labute approximate surface area is 94.0 Å². The van der Waals surface area contributed by atoms with Crippen LogP contribution in [-0.4, -0.2) is 35.4 Å². The van der Waals surface area contributed by atoms with Gasteiger partial charge in [-0.15, -0.1) is 0 Å². The zero-order valence-corrected chi connectivity index (χ0v) is 9.34. The van der Waals surface area contributed by atoms with Crippen molar-refractivity contribution in [2.75, 3.05) is 13.7 Å². The molecule has 16 heavy (non-hydrogen) atoms. The molecule has 0 aliphatic rings. The van der Waals surface area contributed by atoms with Gasteiger partial charge in [-0.3, -0.25) is 9.78 Å². The summed E-state index contributed by atoms with van der Waals surface area (Å²) in [7, 11) is 1.55. The molecule has 1 aromatic rings. The van der Waals surface area contributed by atoms with Crippen LogP contribution in [0, 0.1) is 0 Å². The minimum absolute atomic E-state index is 0.200. The van der Waals surface area contributed by atoms with E-state index in [0.29, 0.717) is 6.54 Å². The number of carbonyl (C=O) groups excluding carboxylic acids is 2. The summed E-state index contributed by atoms with van der Waals surface area (Å²) in [5.74, 6) is -1.47. The van der Waals surface area contributed by atoms with E-state index >= 15 is 0 Å². The number of nitrogens with zero attached hydrogens (tertiary/aromatic N) is 2. The number of hydrogen-bond donors (Lipinski definition) is 0. The van der Waals surface area contributed by atoms with Crippen LogP contribution in [0.25, 0.3) is 0 Å². The predicted octanol–water partition coefficient (Wildman–Crippen LogP) is 0.603. The first-order chi connectivity index (χ1) is 7.65. The van der Waals surface area contributed by atoms with Crippen molar-refractivity contribution in [3.05, 3.63) is 30.1 Å². The van der Waals surface area contributed by atoms with E-state index in [4.69, 9.17) is 0 Å². The molecule has 5 heteroatoms. The third-order valence-electron chi connectivity index (χ3n) is 1.94. The van der Waals surface area contributed by atoms with Gasteiger partial charge >= 0.3 is 11.9 Å². The zero-order chi connectivity index (χ0) is 12.0. The Bertz CT molecular complexity index is 365. The molecule has 0 radical (unpaired) electrons. The van der Waals surface area contributed by atoms with Gasteiger partial charge in [-0.25, -0.2) is 4.79 Å². The number of ether oxygens (including phenoxy) is 1. The molecule has 0 fully saturated rings. The summed E-state index contributed by atoms with van der Waals surface area (Å²) in [5, 5.41) is 0. The molecule has 0 atom stereocenters. The lowest BCUT2D eigenvalue weighted by Gasteiger charge is -2.15. The van der Waals surface area contributed by atoms with Gasteiger partial charge in [0.15, 0.2) is 0 Å². The molecule has 1 aromatic heterocycles. The number of hydrogen-bond acceptors (Lipinski definition) is 4. The number of likely N-dealkylation sites (N-methyl/N-ethyl adjacent to an activating group) is 1. The summed E-state index contributed by atoms with van der Waals surface area (Å²) < 4.78 is 4.62. The fraction of sp³-hybridized carbons (Fsp3) is 0.364. The highest BCUT2D eigenvalue weighted by atomic mass is 16.5. The van der Waals surface area contributed by atoms with Crippen LogP contribution in [0.5, 0.6) is 0 Å². The largest absolute Gasteiger partial charge is 0.459 e. The van der Waals surface area contributed by atoms with E-state index in [1.54, 1.807) is 32.4 Å². The minimum Gasteiger partial charge on any atom is -0.459 e. The average Bonchev–Trinajstić information content (AvgIpc) is 2.29. The van der Waals surface area contributed by atoms with Crippen LogP contribution in [-0.2, 0) is 20.9 Å². The number of aromatic nitrogens is 1. The maximum Gasteiger partial charge on any atom is 0.397 e. The fourth-order valence-electron chi connectivity index (χ4n) is 1.19. The van der Waals surface area contributed by atoms with Gasteiger partial charge in [0.1, 0.15) is 0 Å². The molecule has 0 aliphatic heterocycles. The maximum absolute atomic E-state index is 11.5. The van der Waals surface area contributed by atoms with E-state index in [1.165, 1.54) is 4.90 Å². The Morgan fingerprint density at radius 1 is 1.50 bits per heavy atom. The third-order valence-corrected chi connectivity index (χ3v) is 1.94. The molecule has 1 amide bonds. The van der Waals surface area contributed by atoms with E-state index in [0.717, 1.165) is 5.56 Å². The molecule has 5 nitrogen and oxygen atoms in total. The molecule has 0 spiro atoms. The lowest BCUT2D eigenvalue weighted by atomic mass is 10.3. The molecule has 1 rings (SSSR count). The molecule has 0 N–H and O–H groups in total. The average molecular weight is 222 g/mol. The molecule has 1 heterocycles. The summed E-state index contributed by atoms with van der Waals surface area (Å²) in [6.07, 6.45) is 3.30. The molecular formula is C11H14N2O3. The summed E-state index contributed by atoms with van der Waals surface area (Å²) >= 11 is 0. The predicted molar refractivity (Wildman–Crippen MR) is 57.3 cm³/mol. The molecule has 0 aromatic carbocycles. The van der Waals surface area contributed by atoms with Crippen LogP contribution in [0.3, 0.4) is 0 Å². The molecule has 0 saturated carbocycles. The Hall–Kier alpha value is -1.91. The second-order valence-corrected chi connectivity index (χ2v) is 3.24. The molecule has 0 aliphatic carbocycles. The number of esters is 1. The Morgan fingerprint density at radius 2 is 2.25 bits per heavy atom. The van der Waals surface area contributed by atoms with Gasteiger partial charge in [0.2, 0.25) is 0 Å². The lowest BCUT2D eigenvalue weighted by molar-refractivity contribution is -0.159. The summed E-state index contributed by atoms with van der Waals surface area (Å²) in [5.41, 5.74) is 0.864.